The minimum atomic E-state index is 0.0429. The lowest BCUT2D eigenvalue weighted by Gasteiger charge is -2.30. The van der Waals surface area contributed by atoms with Gasteiger partial charge in [-0.15, -0.1) is 0 Å². The molecule has 2 heterocycles. The van der Waals surface area contributed by atoms with E-state index in [0.29, 0.717) is 25.6 Å². The highest BCUT2D eigenvalue weighted by Crippen LogP contribution is 2.38. The largest absolute Gasteiger partial charge is 0.354 e. The summed E-state index contributed by atoms with van der Waals surface area (Å²) in [6.07, 6.45) is 7.84. The Hall–Kier alpha value is -1.85. The number of aromatic nitrogens is 2. The summed E-state index contributed by atoms with van der Waals surface area (Å²) >= 11 is 0. The highest BCUT2D eigenvalue weighted by Gasteiger charge is 2.28. The second kappa shape index (κ2) is 6.50. The van der Waals surface area contributed by atoms with Crippen LogP contribution in [0, 0.1) is 5.92 Å². The number of nitrogens with zero attached hydrogens (tertiary/aromatic N) is 3. The lowest BCUT2D eigenvalue weighted by atomic mass is 9.96. The minimum Gasteiger partial charge on any atom is -0.354 e. The molecule has 2 amide bonds. The third-order valence-corrected chi connectivity index (χ3v) is 4.65. The lowest BCUT2D eigenvalue weighted by Crippen LogP contribution is -2.42. The van der Waals surface area contributed by atoms with Crippen LogP contribution in [0.15, 0.2) is 12.4 Å². The molecule has 120 valence electrons. The van der Waals surface area contributed by atoms with E-state index in [1.807, 2.05) is 17.3 Å². The smallest absolute Gasteiger partial charge is 0.223 e. The molecule has 0 spiro atoms. The standard InChI is InChI=1S/C16H24N4O2/c1-12(21)19-8-4-14(5-9-19)16(22)18-7-11-20-10-6-17-15(20)13-2-3-13/h6,10,13-14H,2-5,7-9,11H2,1H3,(H,18,22). The Morgan fingerprint density at radius 3 is 2.64 bits per heavy atom. The van der Waals surface area contributed by atoms with Gasteiger partial charge in [-0.2, -0.15) is 0 Å². The predicted molar refractivity (Wildman–Crippen MR) is 82.2 cm³/mol. The Bertz CT molecular complexity index is 542. The van der Waals surface area contributed by atoms with Gasteiger partial charge in [0.05, 0.1) is 0 Å². The maximum absolute atomic E-state index is 12.2. The predicted octanol–water partition coefficient (Wildman–Crippen LogP) is 1.14. The van der Waals surface area contributed by atoms with Crippen molar-refractivity contribution in [3.8, 4) is 0 Å². The maximum atomic E-state index is 12.2. The van der Waals surface area contributed by atoms with Crippen molar-refractivity contribution in [3.05, 3.63) is 18.2 Å². The topological polar surface area (TPSA) is 67.2 Å². The molecule has 1 aromatic rings. The fourth-order valence-electron chi connectivity index (χ4n) is 3.11. The van der Waals surface area contributed by atoms with Crippen molar-refractivity contribution >= 4 is 11.8 Å². The van der Waals surface area contributed by atoms with Crippen LogP contribution in [0.1, 0.15) is 44.3 Å². The van der Waals surface area contributed by atoms with Gasteiger partial charge in [0.2, 0.25) is 11.8 Å². The summed E-state index contributed by atoms with van der Waals surface area (Å²) in [6.45, 7) is 4.40. The molecule has 1 aromatic heterocycles. The number of nitrogens with one attached hydrogen (secondary N) is 1. The second-order valence-corrected chi connectivity index (χ2v) is 6.32. The average molecular weight is 304 g/mol. The molecule has 22 heavy (non-hydrogen) atoms. The van der Waals surface area contributed by atoms with Crippen molar-refractivity contribution in [3.63, 3.8) is 0 Å². The number of amides is 2. The summed E-state index contributed by atoms with van der Waals surface area (Å²) in [7, 11) is 0. The number of rotatable bonds is 5. The number of imidazole rings is 1. The molecule has 1 N–H and O–H groups in total. The van der Waals surface area contributed by atoms with Gasteiger partial charge >= 0.3 is 0 Å². The van der Waals surface area contributed by atoms with Gasteiger partial charge in [0.15, 0.2) is 0 Å². The van der Waals surface area contributed by atoms with Crippen LogP contribution in [0.2, 0.25) is 0 Å². The zero-order chi connectivity index (χ0) is 15.5. The summed E-state index contributed by atoms with van der Waals surface area (Å²) in [4.78, 5) is 29.7. The molecule has 0 aromatic carbocycles. The van der Waals surface area contributed by atoms with E-state index in [9.17, 15) is 9.59 Å². The molecule has 0 radical (unpaired) electrons. The summed E-state index contributed by atoms with van der Waals surface area (Å²) < 4.78 is 2.15. The molecular formula is C16H24N4O2. The number of hydrogen-bond donors (Lipinski definition) is 1. The Balaban J connectivity index is 1.41. The molecule has 1 aliphatic carbocycles. The Kier molecular flexibility index (Phi) is 4.45. The summed E-state index contributed by atoms with van der Waals surface area (Å²) in [5.74, 6) is 2.05. The van der Waals surface area contributed by atoms with Crippen molar-refractivity contribution in [2.45, 2.75) is 45.1 Å². The van der Waals surface area contributed by atoms with Crippen molar-refractivity contribution in [1.29, 1.82) is 0 Å². The molecule has 6 nitrogen and oxygen atoms in total. The molecule has 2 aliphatic rings. The first-order chi connectivity index (χ1) is 10.6. The van der Waals surface area contributed by atoms with Crippen LogP contribution < -0.4 is 5.32 Å². The molecule has 1 aliphatic heterocycles. The van der Waals surface area contributed by atoms with Crippen molar-refractivity contribution in [1.82, 2.24) is 19.8 Å². The average Bonchev–Trinajstić information content (AvgIpc) is 3.26. The molecule has 1 saturated carbocycles. The first kappa shape index (κ1) is 15.1. The van der Waals surface area contributed by atoms with E-state index < -0.39 is 0 Å². The zero-order valence-corrected chi connectivity index (χ0v) is 13.1. The number of carbonyl (C=O) groups is 2. The molecule has 3 rings (SSSR count). The number of hydrogen-bond acceptors (Lipinski definition) is 3. The van der Waals surface area contributed by atoms with E-state index in [1.165, 1.54) is 12.8 Å². The molecule has 0 atom stereocenters. The van der Waals surface area contributed by atoms with Crippen LogP contribution in [0.4, 0.5) is 0 Å². The highest BCUT2D eigenvalue weighted by molar-refractivity contribution is 5.79. The first-order valence-electron chi connectivity index (χ1n) is 8.19. The Labute approximate surface area is 130 Å². The van der Waals surface area contributed by atoms with Crippen LogP contribution in [0.5, 0.6) is 0 Å². The summed E-state index contributed by atoms with van der Waals surface area (Å²) in [5.41, 5.74) is 0. The van der Waals surface area contributed by atoms with Crippen LogP contribution in [-0.2, 0) is 16.1 Å². The molecular weight excluding hydrogens is 280 g/mol. The monoisotopic (exact) mass is 304 g/mol. The zero-order valence-electron chi connectivity index (χ0n) is 13.1. The molecule has 6 heteroatoms. The molecule has 2 fully saturated rings. The number of carbonyl (C=O) groups excluding carboxylic acids is 2. The van der Waals surface area contributed by atoms with Crippen molar-refractivity contribution < 1.29 is 9.59 Å². The van der Waals surface area contributed by atoms with Crippen LogP contribution >= 0.6 is 0 Å². The second-order valence-electron chi connectivity index (χ2n) is 6.32. The van der Waals surface area contributed by atoms with Gasteiger partial charge in [-0.25, -0.2) is 4.98 Å². The third kappa shape index (κ3) is 3.48. The summed E-state index contributed by atoms with van der Waals surface area (Å²) in [5, 5.41) is 3.03. The lowest BCUT2D eigenvalue weighted by molar-refractivity contribution is -0.133. The van der Waals surface area contributed by atoms with Gasteiger partial charge in [-0.05, 0) is 25.7 Å². The van der Waals surface area contributed by atoms with Gasteiger partial charge in [0.25, 0.3) is 0 Å². The van der Waals surface area contributed by atoms with Crippen LogP contribution in [-0.4, -0.2) is 45.9 Å². The van der Waals surface area contributed by atoms with Gasteiger partial charge in [0.1, 0.15) is 5.82 Å². The minimum absolute atomic E-state index is 0.0429. The normalized spacial score (nSPS) is 19.2. The van der Waals surface area contributed by atoms with Gasteiger partial charge < -0.3 is 14.8 Å². The van der Waals surface area contributed by atoms with E-state index >= 15 is 0 Å². The Morgan fingerprint density at radius 1 is 1.27 bits per heavy atom. The van der Waals surface area contributed by atoms with E-state index in [1.54, 1.807) is 6.92 Å². The van der Waals surface area contributed by atoms with Crippen molar-refractivity contribution in [2.24, 2.45) is 5.92 Å². The van der Waals surface area contributed by atoms with Gasteiger partial charge in [-0.3, -0.25) is 9.59 Å². The summed E-state index contributed by atoms with van der Waals surface area (Å²) in [6, 6.07) is 0. The quantitative estimate of drug-likeness (QED) is 0.887. The van der Waals surface area contributed by atoms with E-state index in [0.717, 1.165) is 25.2 Å². The van der Waals surface area contributed by atoms with Crippen LogP contribution in [0.3, 0.4) is 0 Å². The first-order valence-corrected chi connectivity index (χ1v) is 8.19. The van der Waals surface area contributed by atoms with Gasteiger partial charge in [-0.1, -0.05) is 0 Å². The van der Waals surface area contributed by atoms with Crippen molar-refractivity contribution in [2.75, 3.05) is 19.6 Å². The molecule has 0 unspecified atom stereocenters. The third-order valence-electron chi connectivity index (χ3n) is 4.65. The van der Waals surface area contributed by atoms with E-state index in [4.69, 9.17) is 0 Å². The fraction of sp³-hybridized carbons (Fsp3) is 0.688. The molecule has 0 bridgehead atoms. The van der Waals surface area contributed by atoms with E-state index in [2.05, 4.69) is 14.9 Å². The van der Waals surface area contributed by atoms with Gasteiger partial charge in [0, 0.05) is 57.3 Å². The maximum Gasteiger partial charge on any atom is 0.223 e. The van der Waals surface area contributed by atoms with Crippen LogP contribution in [0.25, 0.3) is 0 Å². The number of likely N-dealkylation sites (tertiary alicyclic amines) is 1. The fourth-order valence-corrected chi connectivity index (χ4v) is 3.11. The SMILES string of the molecule is CC(=O)N1CCC(C(=O)NCCn2ccnc2C2CC2)CC1. The number of piperidine rings is 1. The highest BCUT2D eigenvalue weighted by atomic mass is 16.2. The molecule has 1 saturated heterocycles. The Morgan fingerprint density at radius 2 is 2.00 bits per heavy atom. The van der Waals surface area contributed by atoms with E-state index in [-0.39, 0.29) is 17.7 Å².